The molecule has 2 rings (SSSR count). The first-order valence-electron chi connectivity index (χ1n) is 6.26. The predicted octanol–water partition coefficient (Wildman–Crippen LogP) is 2.87. The van der Waals surface area contributed by atoms with Crippen LogP contribution in [-0.4, -0.2) is 30.9 Å². The van der Waals surface area contributed by atoms with E-state index in [1.54, 1.807) is 30.2 Å². The van der Waals surface area contributed by atoms with Crippen LogP contribution in [0.4, 0.5) is 5.69 Å². The summed E-state index contributed by atoms with van der Waals surface area (Å²) >= 11 is 3.37. The van der Waals surface area contributed by atoms with E-state index in [1.807, 2.05) is 0 Å². The van der Waals surface area contributed by atoms with Gasteiger partial charge in [0.05, 0.1) is 21.3 Å². The Bertz CT molecular complexity index is 471. The lowest BCUT2D eigenvalue weighted by Crippen LogP contribution is -2.37. The van der Waals surface area contributed by atoms with Gasteiger partial charge in [-0.15, -0.1) is 23.1 Å². The second kappa shape index (κ2) is 5.83. The second-order valence-corrected chi connectivity index (χ2v) is 7.58. The van der Waals surface area contributed by atoms with Gasteiger partial charge in [-0.1, -0.05) is 0 Å². The second-order valence-electron chi connectivity index (χ2n) is 5.25. The van der Waals surface area contributed by atoms with E-state index in [9.17, 15) is 4.79 Å². The van der Waals surface area contributed by atoms with Crippen molar-refractivity contribution in [3.63, 3.8) is 0 Å². The molecule has 0 saturated heterocycles. The Hall–Kier alpha value is -0.560. The molecular weight excluding hydrogens is 280 g/mol. The maximum atomic E-state index is 11.3. The van der Waals surface area contributed by atoms with Crippen LogP contribution in [0.1, 0.15) is 31.7 Å². The molecule has 0 saturated carbocycles. The number of hydrogen-bond acceptors (Lipinski definition) is 5. The van der Waals surface area contributed by atoms with Gasteiger partial charge in [-0.3, -0.25) is 4.79 Å². The highest BCUT2D eigenvalue weighted by atomic mass is 32.2. The lowest BCUT2D eigenvalue weighted by molar-refractivity contribution is -0.113. The van der Waals surface area contributed by atoms with Crippen molar-refractivity contribution < 1.29 is 9.53 Å². The molecule has 0 spiro atoms. The van der Waals surface area contributed by atoms with Gasteiger partial charge >= 0.3 is 0 Å². The monoisotopic (exact) mass is 300 g/mol. The summed E-state index contributed by atoms with van der Waals surface area (Å²) in [5, 5.41) is 6.39. The van der Waals surface area contributed by atoms with Crippen LogP contribution < -0.4 is 10.6 Å². The molecule has 0 aromatic carbocycles. The summed E-state index contributed by atoms with van der Waals surface area (Å²) in [4.78, 5) is 12.6. The zero-order valence-electron chi connectivity index (χ0n) is 11.7. The van der Waals surface area contributed by atoms with Crippen molar-refractivity contribution in [3.05, 3.63) is 10.9 Å². The van der Waals surface area contributed by atoms with Crippen LogP contribution >= 0.6 is 23.1 Å². The minimum absolute atomic E-state index is 0.0861. The maximum Gasteiger partial charge on any atom is 0.234 e. The van der Waals surface area contributed by atoms with Crippen molar-refractivity contribution in [2.75, 3.05) is 24.7 Å². The van der Waals surface area contributed by atoms with Crippen molar-refractivity contribution in [3.8, 4) is 0 Å². The highest BCUT2D eigenvalue weighted by molar-refractivity contribution is 8.02. The molecule has 0 bridgehead atoms. The van der Waals surface area contributed by atoms with Crippen molar-refractivity contribution in [1.82, 2.24) is 5.32 Å². The number of fused-ring (bicyclic) bond motifs is 1. The molecule has 1 aliphatic rings. The van der Waals surface area contributed by atoms with Crippen LogP contribution in [0, 0.1) is 0 Å². The Kier molecular flexibility index (Phi) is 4.55. The predicted molar refractivity (Wildman–Crippen MR) is 81.2 cm³/mol. The number of carbonyl (C=O) groups excluding carboxylic acids is 1. The van der Waals surface area contributed by atoms with E-state index in [2.05, 4.69) is 37.5 Å². The standard InChI is InChI=1S/C13H20N2O2S2/c1-8(14-7-13(2,3)17-4)10-5-9-12(19-10)18-6-11(16)15-9/h5,8,14H,6-7H2,1-4H3,(H,15,16)/t8-/m0/s1. The molecule has 1 aromatic heterocycles. The highest BCUT2D eigenvalue weighted by Gasteiger charge is 2.22. The molecular formula is C13H20N2O2S2. The van der Waals surface area contributed by atoms with Crippen LogP contribution in [-0.2, 0) is 9.53 Å². The number of methoxy groups -OCH3 is 1. The van der Waals surface area contributed by atoms with Crippen LogP contribution in [0.2, 0.25) is 0 Å². The first-order valence-corrected chi connectivity index (χ1v) is 8.06. The molecule has 4 nitrogen and oxygen atoms in total. The average Bonchev–Trinajstić information content (AvgIpc) is 2.79. The molecule has 2 heterocycles. The van der Waals surface area contributed by atoms with Crippen LogP contribution in [0.5, 0.6) is 0 Å². The third-order valence-electron chi connectivity index (χ3n) is 3.14. The summed E-state index contributed by atoms with van der Waals surface area (Å²) in [5.74, 6) is 0.605. The van der Waals surface area contributed by atoms with E-state index in [-0.39, 0.29) is 17.6 Å². The highest BCUT2D eigenvalue weighted by Crippen LogP contribution is 2.40. The molecule has 0 aliphatic carbocycles. The fourth-order valence-corrected chi connectivity index (χ4v) is 3.86. The number of anilines is 1. The summed E-state index contributed by atoms with van der Waals surface area (Å²) in [7, 11) is 1.72. The molecule has 0 radical (unpaired) electrons. The first-order chi connectivity index (χ1) is 8.91. The number of hydrogen-bond donors (Lipinski definition) is 2. The Morgan fingerprint density at radius 2 is 2.32 bits per heavy atom. The van der Waals surface area contributed by atoms with Crippen LogP contribution in [0.3, 0.4) is 0 Å². The fourth-order valence-electron chi connectivity index (χ4n) is 1.69. The topological polar surface area (TPSA) is 50.4 Å². The fraction of sp³-hybridized carbons (Fsp3) is 0.615. The minimum Gasteiger partial charge on any atom is -0.377 e. The molecule has 0 unspecified atom stereocenters. The summed E-state index contributed by atoms with van der Waals surface area (Å²) in [5.41, 5.74) is 0.787. The summed E-state index contributed by atoms with van der Waals surface area (Å²) in [6, 6.07) is 2.32. The van der Waals surface area contributed by atoms with Gasteiger partial charge < -0.3 is 15.4 Å². The van der Waals surface area contributed by atoms with E-state index >= 15 is 0 Å². The van der Waals surface area contributed by atoms with Gasteiger partial charge in [-0.05, 0) is 26.8 Å². The third kappa shape index (κ3) is 3.72. The summed E-state index contributed by atoms with van der Waals surface area (Å²) in [6.07, 6.45) is 0. The molecule has 1 amide bonds. The molecule has 1 atom stereocenters. The van der Waals surface area contributed by atoms with Crippen molar-refractivity contribution in [2.24, 2.45) is 0 Å². The lowest BCUT2D eigenvalue weighted by Gasteiger charge is -2.25. The van der Waals surface area contributed by atoms with Crippen molar-refractivity contribution in [2.45, 2.75) is 36.6 Å². The van der Waals surface area contributed by atoms with Gasteiger partial charge in [0.25, 0.3) is 0 Å². The summed E-state index contributed by atoms with van der Waals surface area (Å²) in [6.45, 7) is 7.03. The SMILES string of the molecule is COC(C)(C)CN[C@@H](C)c1cc2c(s1)SCC(=O)N2. The number of thioether (sulfide) groups is 1. The number of nitrogens with one attached hydrogen (secondary N) is 2. The van der Waals surface area contributed by atoms with E-state index in [0.29, 0.717) is 5.75 Å². The third-order valence-corrected chi connectivity index (χ3v) is 5.74. The molecule has 2 N–H and O–H groups in total. The van der Waals surface area contributed by atoms with Gasteiger partial charge in [-0.2, -0.15) is 0 Å². The van der Waals surface area contributed by atoms with Gasteiger partial charge in [0.15, 0.2) is 0 Å². The average molecular weight is 300 g/mol. The normalized spacial score (nSPS) is 16.9. The number of ether oxygens (including phenoxy) is 1. The van der Waals surface area contributed by atoms with Gasteiger partial charge in [0.2, 0.25) is 5.91 Å². The van der Waals surface area contributed by atoms with Gasteiger partial charge in [-0.25, -0.2) is 0 Å². The Morgan fingerprint density at radius 1 is 1.58 bits per heavy atom. The zero-order valence-corrected chi connectivity index (χ0v) is 13.3. The number of carbonyl (C=O) groups is 1. The number of thiophene rings is 1. The zero-order chi connectivity index (χ0) is 14.0. The molecule has 0 fully saturated rings. The number of amides is 1. The van der Waals surface area contributed by atoms with E-state index in [4.69, 9.17) is 4.74 Å². The van der Waals surface area contributed by atoms with E-state index in [0.717, 1.165) is 12.2 Å². The minimum atomic E-state index is -0.173. The van der Waals surface area contributed by atoms with Crippen LogP contribution in [0.25, 0.3) is 0 Å². The smallest absolute Gasteiger partial charge is 0.234 e. The van der Waals surface area contributed by atoms with E-state index < -0.39 is 0 Å². The van der Waals surface area contributed by atoms with Crippen molar-refractivity contribution >= 4 is 34.7 Å². The van der Waals surface area contributed by atoms with Gasteiger partial charge in [0.1, 0.15) is 0 Å². The number of rotatable bonds is 5. The largest absolute Gasteiger partial charge is 0.377 e. The molecule has 6 heteroatoms. The Balaban J connectivity index is 2.00. The first kappa shape index (κ1) is 14.8. The Morgan fingerprint density at radius 3 is 3.00 bits per heavy atom. The quantitative estimate of drug-likeness (QED) is 0.878. The molecule has 1 aliphatic heterocycles. The maximum absolute atomic E-state index is 11.3. The van der Waals surface area contributed by atoms with Crippen LogP contribution in [0.15, 0.2) is 10.3 Å². The van der Waals surface area contributed by atoms with Crippen molar-refractivity contribution in [1.29, 1.82) is 0 Å². The molecule has 1 aromatic rings. The molecule has 106 valence electrons. The summed E-state index contributed by atoms with van der Waals surface area (Å²) < 4.78 is 6.60. The van der Waals surface area contributed by atoms with Gasteiger partial charge in [0, 0.05) is 24.6 Å². The Labute approximate surface area is 122 Å². The van der Waals surface area contributed by atoms with E-state index in [1.165, 1.54) is 9.09 Å². The lowest BCUT2D eigenvalue weighted by atomic mass is 10.1. The molecule has 19 heavy (non-hydrogen) atoms.